The van der Waals surface area contributed by atoms with Crippen LogP contribution in [0.15, 0.2) is 60.0 Å². The summed E-state index contributed by atoms with van der Waals surface area (Å²) < 4.78 is 5.43. The highest BCUT2D eigenvalue weighted by Crippen LogP contribution is 2.31. The number of likely N-dealkylation sites (tertiary alicyclic amines) is 1. The first-order valence-corrected chi connectivity index (χ1v) is 12.6. The van der Waals surface area contributed by atoms with Crippen LogP contribution >= 0.6 is 11.3 Å². The van der Waals surface area contributed by atoms with Crippen molar-refractivity contribution in [3.8, 4) is 11.3 Å². The van der Waals surface area contributed by atoms with Gasteiger partial charge in [0.05, 0.1) is 5.69 Å². The Balaban J connectivity index is 1.19. The van der Waals surface area contributed by atoms with Gasteiger partial charge in [-0.3, -0.25) is 14.5 Å². The van der Waals surface area contributed by atoms with Gasteiger partial charge in [-0.2, -0.15) is 0 Å². The van der Waals surface area contributed by atoms with Crippen LogP contribution in [-0.4, -0.2) is 40.4 Å². The number of carbonyl (C=O) groups is 3. The molecule has 2 N–H and O–H groups in total. The molecule has 180 valence electrons. The number of carbonyl (C=O) groups excluding carboxylic acids is 3. The van der Waals surface area contributed by atoms with Crippen LogP contribution in [0.25, 0.3) is 11.3 Å². The standard InChI is InChI=1S/C26H26N4O4S/c31-23(18-11-12-18)27-20-9-4-8-19(14-20)21-16-35-25(28-21)29-24(32)22-10-5-13-30(22)26(33)34-15-17-6-2-1-3-7-17/h1-4,6-9,14,16,18,22H,5,10-13,15H2,(H,27,31)(H,28,29,32). The molecule has 3 amide bonds. The molecule has 1 aliphatic carbocycles. The fourth-order valence-corrected chi connectivity index (χ4v) is 4.78. The monoisotopic (exact) mass is 490 g/mol. The summed E-state index contributed by atoms with van der Waals surface area (Å²) >= 11 is 1.32. The zero-order chi connectivity index (χ0) is 24.2. The Bertz CT molecular complexity index is 1220. The van der Waals surface area contributed by atoms with Gasteiger partial charge in [0.2, 0.25) is 11.8 Å². The normalized spacial score (nSPS) is 17.1. The molecule has 2 aliphatic rings. The second-order valence-corrected chi connectivity index (χ2v) is 9.62. The van der Waals surface area contributed by atoms with Crippen molar-refractivity contribution in [3.05, 3.63) is 65.5 Å². The molecule has 2 heterocycles. The van der Waals surface area contributed by atoms with Gasteiger partial charge in [-0.25, -0.2) is 9.78 Å². The minimum absolute atomic E-state index is 0.0526. The van der Waals surface area contributed by atoms with E-state index in [0.29, 0.717) is 23.8 Å². The maximum atomic E-state index is 13.0. The van der Waals surface area contributed by atoms with Crippen molar-refractivity contribution in [2.75, 3.05) is 17.2 Å². The van der Waals surface area contributed by atoms with E-state index in [0.717, 1.165) is 36.1 Å². The number of nitrogens with zero attached hydrogens (tertiary/aromatic N) is 2. The van der Waals surface area contributed by atoms with E-state index in [-0.39, 0.29) is 24.3 Å². The van der Waals surface area contributed by atoms with Crippen molar-refractivity contribution < 1.29 is 19.1 Å². The number of ether oxygens (including phenoxy) is 1. The van der Waals surface area contributed by atoms with Crippen LogP contribution in [0.5, 0.6) is 0 Å². The molecule has 1 saturated heterocycles. The maximum Gasteiger partial charge on any atom is 0.410 e. The molecular formula is C26H26N4O4S. The molecule has 2 aromatic carbocycles. The number of thiazole rings is 1. The third kappa shape index (κ3) is 5.68. The molecule has 0 radical (unpaired) electrons. The lowest BCUT2D eigenvalue weighted by atomic mass is 10.1. The molecule has 1 aliphatic heterocycles. The third-order valence-electron chi connectivity index (χ3n) is 6.10. The molecule has 5 rings (SSSR count). The average molecular weight is 491 g/mol. The average Bonchev–Trinajstić information content (AvgIpc) is 3.42. The second kappa shape index (κ2) is 10.3. The first-order chi connectivity index (χ1) is 17.1. The van der Waals surface area contributed by atoms with Gasteiger partial charge in [0.15, 0.2) is 5.13 Å². The molecule has 0 spiro atoms. The Kier molecular flexibility index (Phi) is 6.76. The quantitative estimate of drug-likeness (QED) is 0.491. The number of hydrogen-bond acceptors (Lipinski definition) is 6. The fourth-order valence-electron chi connectivity index (χ4n) is 4.06. The SMILES string of the molecule is O=C(Nc1cccc(-c2csc(NC(=O)C3CCCN3C(=O)OCc3ccccc3)n2)c1)C1CC1. The van der Waals surface area contributed by atoms with Gasteiger partial charge in [0.1, 0.15) is 12.6 Å². The highest BCUT2D eigenvalue weighted by atomic mass is 32.1. The highest BCUT2D eigenvalue weighted by Gasteiger charge is 2.35. The largest absolute Gasteiger partial charge is 0.445 e. The van der Waals surface area contributed by atoms with Gasteiger partial charge < -0.3 is 15.4 Å². The smallest absolute Gasteiger partial charge is 0.410 e. The lowest BCUT2D eigenvalue weighted by Crippen LogP contribution is -2.43. The molecule has 0 bridgehead atoms. The fraction of sp³-hybridized carbons (Fsp3) is 0.308. The van der Waals surface area contributed by atoms with Gasteiger partial charge in [-0.1, -0.05) is 42.5 Å². The van der Waals surface area contributed by atoms with Crippen molar-refractivity contribution >= 4 is 40.1 Å². The molecule has 1 unspecified atom stereocenters. The summed E-state index contributed by atoms with van der Waals surface area (Å²) in [7, 11) is 0. The Morgan fingerprint density at radius 1 is 1.00 bits per heavy atom. The molecule has 8 nitrogen and oxygen atoms in total. The Morgan fingerprint density at radius 3 is 2.63 bits per heavy atom. The van der Waals surface area contributed by atoms with E-state index in [1.165, 1.54) is 16.2 Å². The van der Waals surface area contributed by atoms with E-state index >= 15 is 0 Å². The van der Waals surface area contributed by atoms with Crippen LogP contribution < -0.4 is 10.6 Å². The van der Waals surface area contributed by atoms with Gasteiger partial charge in [0, 0.05) is 29.1 Å². The van der Waals surface area contributed by atoms with E-state index < -0.39 is 12.1 Å². The van der Waals surface area contributed by atoms with E-state index in [1.807, 2.05) is 60.0 Å². The Morgan fingerprint density at radius 2 is 1.83 bits per heavy atom. The van der Waals surface area contributed by atoms with Crippen LogP contribution in [0.1, 0.15) is 31.2 Å². The maximum absolute atomic E-state index is 13.0. The lowest BCUT2D eigenvalue weighted by Gasteiger charge is -2.22. The first kappa shape index (κ1) is 23.0. The molecule has 2 fully saturated rings. The summed E-state index contributed by atoms with van der Waals surface area (Å²) in [5, 5.41) is 8.12. The number of amides is 3. The van der Waals surface area contributed by atoms with E-state index in [9.17, 15) is 14.4 Å². The number of anilines is 2. The number of rotatable bonds is 7. The molecule has 35 heavy (non-hydrogen) atoms. The minimum atomic E-state index is -0.591. The summed E-state index contributed by atoms with van der Waals surface area (Å²) in [6.45, 7) is 0.648. The molecule has 1 aromatic heterocycles. The number of aromatic nitrogens is 1. The van der Waals surface area contributed by atoms with Crippen molar-refractivity contribution in [1.82, 2.24) is 9.88 Å². The zero-order valence-electron chi connectivity index (χ0n) is 19.1. The van der Waals surface area contributed by atoms with Crippen LogP contribution in [0, 0.1) is 5.92 Å². The summed E-state index contributed by atoms with van der Waals surface area (Å²) in [5.41, 5.74) is 3.18. The number of benzene rings is 2. The Labute approximate surface area is 207 Å². The van der Waals surface area contributed by atoms with E-state index in [1.54, 1.807) is 0 Å². The van der Waals surface area contributed by atoms with Crippen molar-refractivity contribution in [2.24, 2.45) is 5.92 Å². The van der Waals surface area contributed by atoms with Crippen LogP contribution in [0.4, 0.5) is 15.6 Å². The van der Waals surface area contributed by atoms with Crippen molar-refractivity contribution in [2.45, 2.75) is 38.3 Å². The molecule has 3 aromatic rings. The van der Waals surface area contributed by atoms with Crippen LogP contribution in [0.3, 0.4) is 0 Å². The van der Waals surface area contributed by atoms with Gasteiger partial charge >= 0.3 is 6.09 Å². The lowest BCUT2D eigenvalue weighted by molar-refractivity contribution is -0.120. The number of nitrogens with one attached hydrogen (secondary N) is 2. The molecular weight excluding hydrogens is 464 g/mol. The predicted octanol–water partition coefficient (Wildman–Crippen LogP) is 4.90. The van der Waals surface area contributed by atoms with Gasteiger partial charge in [-0.05, 0) is 43.4 Å². The van der Waals surface area contributed by atoms with Crippen LogP contribution in [0.2, 0.25) is 0 Å². The minimum Gasteiger partial charge on any atom is -0.445 e. The number of hydrogen-bond donors (Lipinski definition) is 2. The van der Waals surface area contributed by atoms with E-state index in [4.69, 9.17) is 4.74 Å². The van der Waals surface area contributed by atoms with Crippen molar-refractivity contribution in [3.63, 3.8) is 0 Å². The highest BCUT2D eigenvalue weighted by molar-refractivity contribution is 7.14. The predicted molar refractivity (Wildman–Crippen MR) is 134 cm³/mol. The molecule has 1 saturated carbocycles. The first-order valence-electron chi connectivity index (χ1n) is 11.7. The summed E-state index contributed by atoms with van der Waals surface area (Å²) in [6.07, 6.45) is 2.72. The summed E-state index contributed by atoms with van der Waals surface area (Å²) in [6, 6.07) is 16.4. The van der Waals surface area contributed by atoms with Gasteiger partial charge in [0.25, 0.3) is 0 Å². The van der Waals surface area contributed by atoms with Crippen molar-refractivity contribution in [1.29, 1.82) is 0 Å². The molecule has 1 atom stereocenters. The topological polar surface area (TPSA) is 101 Å². The van der Waals surface area contributed by atoms with Gasteiger partial charge in [-0.15, -0.1) is 11.3 Å². The third-order valence-corrected chi connectivity index (χ3v) is 6.86. The summed E-state index contributed by atoms with van der Waals surface area (Å²) in [4.78, 5) is 43.6. The van der Waals surface area contributed by atoms with Crippen LogP contribution in [-0.2, 0) is 20.9 Å². The zero-order valence-corrected chi connectivity index (χ0v) is 19.9. The Hall–Kier alpha value is -3.72. The van der Waals surface area contributed by atoms with E-state index in [2.05, 4.69) is 15.6 Å². The summed E-state index contributed by atoms with van der Waals surface area (Å²) in [5.74, 6) is -0.0900. The molecule has 9 heteroatoms. The second-order valence-electron chi connectivity index (χ2n) is 8.76.